The van der Waals surface area contributed by atoms with Crippen molar-refractivity contribution in [3.05, 3.63) is 27.7 Å². The second kappa shape index (κ2) is 6.00. The summed E-state index contributed by atoms with van der Waals surface area (Å²) in [5, 5.41) is 17.9. The summed E-state index contributed by atoms with van der Waals surface area (Å²) < 4.78 is 26.6. The molecule has 1 atom stereocenters. The Morgan fingerprint density at radius 2 is 2.05 bits per heavy atom. The molecule has 1 aromatic rings. The van der Waals surface area contributed by atoms with Crippen LogP contribution < -0.4 is 4.72 Å². The molecule has 1 aromatic carbocycles. The van der Waals surface area contributed by atoms with Crippen molar-refractivity contribution in [2.24, 2.45) is 0 Å². The van der Waals surface area contributed by atoms with Crippen LogP contribution in [-0.2, 0) is 10.0 Å². The normalized spacial score (nSPS) is 13.3. The summed E-state index contributed by atoms with van der Waals surface area (Å²) in [7, 11) is -3.87. The fourth-order valence-electron chi connectivity index (χ4n) is 1.40. The first-order valence-corrected chi connectivity index (χ1v) is 7.63. The van der Waals surface area contributed by atoms with Gasteiger partial charge in [0.15, 0.2) is 0 Å². The molecule has 0 spiro atoms. The maximum absolute atomic E-state index is 12.0. The van der Waals surface area contributed by atoms with Crippen molar-refractivity contribution >= 4 is 31.9 Å². The number of carboxylic acid groups (broad SMARTS) is 1. The smallest absolute Gasteiger partial charge is 0.336 e. The molecule has 1 rings (SSSR count). The predicted octanol–water partition coefficient (Wildman–Crippen LogP) is 1.11. The third kappa shape index (κ3) is 3.75. The third-order valence-corrected chi connectivity index (χ3v) is 4.88. The van der Waals surface area contributed by atoms with Gasteiger partial charge in [-0.15, -0.1) is 0 Å². The van der Waals surface area contributed by atoms with Gasteiger partial charge >= 0.3 is 5.97 Å². The van der Waals surface area contributed by atoms with Crippen molar-refractivity contribution in [3.63, 3.8) is 0 Å². The zero-order valence-corrected chi connectivity index (χ0v) is 12.7. The number of aromatic carboxylic acids is 1. The first-order chi connectivity index (χ1) is 8.69. The Labute approximate surface area is 119 Å². The molecule has 0 saturated carbocycles. The van der Waals surface area contributed by atoms with Gasteiger partial charge < -0.3 is 10.2 Å². The molecule has 0 aromatic heterocycles. The van der Waals surface area contributed by atoms with Gasteiger partial charge in [0.05, 0.1) is 17.1 Å². The van der Waals surface area contributed by atoms with Crippen molar-refractivity contribution in [1.29, 1.82) is 0 Å². The summed E-state index contributed by atoms with van der Waals surface area (Å²) in [6, 6.07) is 1.77. The summed E-state index contributed by atoms with van der Waals surface area (Å²) in [6.07, 6.45) is 0. The molecule has 0 aliphatic carbocycles. The highest BCUT2D eigenvalue weighted by atomic mass is 79.9. The number of nitrogens with one attached hydrogen (secondary N) is 1. The van der Waals surface area contributed by atoms with Crippen molar-refractivity contribution in [2.45, 2.75) is 24.8 Å². The number of carboxylic acids is 1. The standard InChI is InChI=1S/C11H14BrNO5S/c1-6(5-14)13-19(17,18)8-3-9(11(15)16)7(2)10(12)4-8/h3-4,6,13-14H,5H2,1-2H3,(H,15,16)/t6-/m1/s1. The minimum absolute atomic E-state index is 0.0913. The minimum Gasteiger partial charge on any atom is -0.478 e. The third-order valence-electron chi connectivity index (χ3n) is 2.49. The van der Waals surface area contributed by atoms with Crippen LogP contribution in [0.4, 0.5) is 0 Å². The highest BCUT2D eigenvalue weighted by Gasteiger charge is 2.21. The summed E-state index contributed by atoms with van der Waals surface area (Å²) in [6.45, 7) is 2.73. The lowest BCUT2D eigenvalue weighted by molar-refractivity contribution is 0.0695. The van der Waals surface area contributed by atoms with Crippen LogP contribution in [-0.4, -0.2) is 37.2 Å². The number of carbonyl (C=O) groups is 1. The maximum atomic E-state index is 12.0. The molecule has 0 fully saturated rings. The quantitative estimate of drug-likeness (QED) is 0.737. The lowest BCUT2D eigenvalue weighted by Gasteiger charge is -2.13. The molecule has 0 aliphatic heterocycles. The molecule has 0 heterocycles. The van der Waals surface area contributed by atoms with Crippen LogP contribution in [0.1, 0.15) is 22.8 Å². The summed E-state index contributed by atoms with van der Waals surface area (Å²) in [5.41, 5.74) is 0.355. The van der Waals surface area contributed by atoms with E-state index in [1.807, 2.05) is 0 Å². The molecule has 0 unspecified atom stereocenters. The molecular weight excluding hydrogens is 338 g/mol. The second-order valence-corrected chi connectivity index (χ2v) is 6.66. The highest BCUT2D eigenvalue weighted by molar-refractivity contribution is 9.10. The summed E-state index contributed by atoms with van der Waals surface area (Å²) >= 11 is 3.14. The predicted molar refractivity (Wildman–Crippen MR) is 72.7 cm³/mol. The SMILES string of the molecule is Cc1c(Br)cc(S(=O)(=O)N[C@H](C)CO)cc1C(=O)O. The van der Waals surface area contributed by atoms with Gasteiger partial charge in [0.2, 0.25) is 10.0 Å². The molecular formula is C11H14BrNO5S. The zero-order chi connectivity index (χ0) is 14.8. The van der Waals surface area contributed by atoms with Crippen molar-refractivity contribution in [1.82, 2.24) is 4.72 Å². The van der Waals surface area contributed by atoms with Gasteiger partial charge in [0.25, 0.3) is 0 Å². The van der Waals surface area contributed by atoms with Crippen molar-refractivity contribution in [3.8, 4) is 0 Å². The Morgan fingerprint density at radius 1 is 1.47 bits per heavy atom. The van der Waals surface area contributed by atoms with Crippen molar-refractivity contribution < 1.29 is 23.4 Å². The number of hydrogen-bond acceptors (Lipinski definition) is 4. The first kappa shape index (κ1) is 16.1. The fourth-order valence-corrected chi connectivity index (χ4v) is 3.30. The molecule has 3 N–H and O–H groups in total. The van der Waals surface area contributed by atoms with Gasteiger partial charge in [-0.05, 0) is 31.5 Å². The molecule has 0 amide bonds. The van der Waals surface area contributed by atoms with Gasteiger partial charge in [-0.3, -0.25) is 0 Å². The maximum Gasteiger partial charge on any atom is 0.336 e. The number of halogens is 1. The topological polar surface area (TPSA) is 104 Å². The van der Waals surface area contributed by atoms with E-state index in [2.05, 4.69) is 20.7 Å². The van der Waals surface area contributed by atoms with Crippen LogP contribution in [0.15, 0.2) is 21.5 Å². The Bertz CT molecular complexity index is 599. The van der Waals surface area contributed by atoms with E-state index in [-0.39, 0.29) is 17.1 Å². The molecule has 8 heteroatoms. The largest absolute Gasteiger partial charge is 0.478 e. The van der Waals surface area contributed by atoms with Gasteiger partial charge in [0, 0.05) is 10.5 Å². The van der Waals surface area contributed by atoms with E-state index in [4.69, 9.17) is 10.2 Å². The van der Waals surface area contributed by atoms with Crippen molar-refractivity contribution in [2.75, 3.05) is 6.61 Å². The number of sulfonamides is 1. The van der Waals surface area contributed by atoms with E-state index in [0.29, 0.717) is 10.0 Å². The lowest BCUT2D eigenvalue weighted by Crippen LogP contribution is -2.35. The van der Waals surface area contributed by atoms with Gasteiger partial charge in [-0.25, -0.2) is 17.9 Å². The molecule has 0 aliphatic rings. The number of aliphatic hydroxyl groups is 1. The number of hydrogen-bond donors (Lipinski definition) is 3. The van der Waals surface area contributed by atoms with Gasteiger partial charge in [-0.1, -0.05) is 15.9 Å². The van der Waals surface area contributed by atoms with Gasteiger partial charge in [0.1, 0.15) is 0 Å². The van der Waals surface area contributed by atoms with Crippen LogP contribution in [0.3, 0.4) is 0 Å². The van der Waals surface area contributed by atoms with E-state index in [0.717, 1.165) is 6.07 Å². The molecule has 0 saturated heterocycles. The first-order valence-electron chi connectivity index (χ1n) is 5.35. The number of aliphatic hydroxyl groups excluding tert-OH is 1. The highest BCUT2D eigenvalue weighted by Crippen LogP contribution is 2.25. The molecule has 6 nitrogen and oxygen atoms in total. The summed E-state index contributed by atoms with van der Waals surface area (Å²) in [4.78, 5) is 10.9. The Balaban J connectivity index is 3.32. The average molecular weight is 352 g/mol. The number of benzene rings is 1. The average Bonchev–Trinajstić information content (AvgIpc) is 2.31. The van der Waals surface area contributed by atoms with E-state index >= 15 is 0 Å². The van der Waals surface area contributed by atoms with Crippen LogP contribution >= 0.6 is 15.9 Å². The minimum atomic E-state index is -3.87. The molecule has 106 valence electrons. The van der Waals surface area contributed by atoms with Gasteiger partial charge in [-0.2, -0.15) is 0 Å². The van der Waals surface area contributed by atoms with E-state index in [9.17, 15) is 13.2 Å². The second-order valence-electron chi connectivity index (χ2n) is 4.09. The molecule has 0 bridgehead atoms. The monoisotopic (exact) mass is 351 g/mol. The van der Waals surface area contributed by atoms with E-state index in [1.165, 1.54) is 13.0 Å². The zero-order valence-electron chi connectivity index (χ0n) is 10.3. The molecule has 0 radical (unpaired) electrons. The fraction of sp³-hybridized carbons (Fsp3) is 0.364. The number of rotatable bonds is 5. The lowest BCUT2D eigenvalue weighted by atomic mass is 10.1. The Morgan fingerprint density at radius 3 is 2.53 bits per heavy atom. The Kier molecular flexibility index (Phi) is 5.08. The van der Waals surface area contributed by atoms with Crippen LogP contribution in [0.2, 0.25) is 0 Å². The summed E-state index contributed by atoms with van der Waals surface area (Å²) in [5.74, 6) is -1.20. The van der Waals surface area contributed by atoms with E-state index < -0.39 is 22.0 Å². The molecule has 19 heavy (non-hydrogen) atoms. The van der Waals surface area contributed by atoms with E-state index in [1.54, 1.807) is 6.92 Å². The Hall–Kier alpha value is -0.960. The van der Waals surface area contributed by atoms with Crippen LogP contribution in [0.25, 0.3) is 0 Å². The van der Waals surface area contributed by atoms with Crippen LogP contribution in [0.5, 0.6) is 0 Å². The van der Waals surface area contributed by atoms with Crippen LogP contribution in [0, 0.1) is 6.92 Å².